The summed E-state index contributed by atoms with van der Waals surface area (Å²) in [7, 11) is 0. The van der Waals surface area contributed by atoms with E-state index in [2.05, 4.69) is 11.4 Å². The van der Waals surface area contributed by atoms with E-state index in [1.807, 2.05) is 23.9 Å². The van der Waals surface area contributed by atoms with Crippen LogP contribution in [0.2, 0.25) is 0 Å². The standard InChI is InChI=1S/C27H38N2O3S/c30-25-17-16-23(26(31)28-25)29-19-22-21(27(29)32)14-10-15-24(22)33-18-9-4-2-1-3-6-11-20-12-7-5-8-13-20/h10,14-15,20,23H,1-9,11-13,16-19H2,(H,28,30,31). The third-order valence-corrected chi connectivity index (χ3v) is 8.71. The number of unbranched alkanes of at least 4 members (excludes halogenated alkanes) is 5. The van der Waals surface area contributed by atoms with Crippen molar-refractivity contribution in [3.05, 3.63) is 29.3 Å². The van der Waals surface area contributed by atoms with Crippen molar-refractivity contribution in [2.24, 2.45) is 5.92 Å². The van der Waals surface area contributed by atoms with E-state index in [4.69, 9.17) is 0 Å². The van der Waals surface area contributed by atoms with Crippen LogP contribution < -0.4 is 5.32 Å². The molecule has 0 radical (unpaired) electrons. The molecule has 1 N–H and O–H groups in total. The van der Waals surface area contributed by atoms with Gasteiger partial charge in [0.15, 0.2) is 0 Å². The minimum Gasteiger partial charge on any atom is -0.322 e. The zero-order valence-corrected chi connectivity index (χ0v) is 20.6. The van der Waals surface area contributed by atoms with Crippen molar-refractivity contribution in [3.63, 3.8) is 0 Å². The molecule has 2 heterocycles. The number of amides is 3. The number of imide groups is 1. The second-order valence-corrected chi connectivity index (χ2v) is 11.1. The highest BCUT2D eigenvalue weighted by molar-refractivity contribution is 7.99. The van der Waals surface area contributed by atoms with Gasteiger partial charge in [-0.2, -0.15) is 0 Å². The average molecular weight is 471 g/mol. The highest BCUT2D eigenvalue weighted by Crippen LogP contribution is 2.35. The summed E-state index contributed by atoms with van der Waals surface area (Å²) in [4.78, 5) is 39.4. The first kappa shape index (κ1) is 24.3. The first-order valence-electron chi connectivity index (χ1n) is 13.0. The molecule has 4 rings (SSSR count). The van der Waals surface area contributed by atoms with Crippen LogP contribution in [0.25, 0.3) is 0 Å². The van der Waals surface area contributed by atoms with Gasteiger partial charge in [-0.05, 0) is 42.2 Å². The molecule has 180 valence electrons. The Morgan fingerprint density at radius 3 is 2.45 bits per heavy atom. The molecular formula is C27H38N2O3S. The second-order valence-electron chi connectivity index (χ2n) is 9.94. The topological polar surface area (TPSA) is 66.5 Å². The van der Waals surface area contributed by atoms with Gasteiger partial charge in [0.1, 0.15) is 6.04 Å². The van der Waals surface area contributed by atoms with E-state index in [1.54, 1.807) is 4.90 Å². The third-order valence-electron chi connectivity index (χ3n) is 7.53. The molecule has 3 amide bonds. The van der Waals surface area contributed by atoms with Crippen molar-refractivity contribution in [1.29, 1.82) is 0 Å². The summed E-state index contributed by atoms with van der Waals surface area (Å²) < 4.78 is 0. The number of carbonyl (C=O) groups is 3. The van der Waals surface area contributed by atoms with E-state index in [9.17, 15) is 14.4 Å². The number of benzene rings is 1. The zero-order valence-electron chi connectivity index (χ0n) is 19.8. The van der Waals surface area contributed by atoms with Crippen molar-refractivity contribution in [2.75, 3.05) is 5.75 Å². The van der Waals surface area contributed by atoms with Crippen LogP contribution in [0, 0.1) is 5.92 Å². The molecule has 6 heteroatoms. The van der Waals surface area contributed by atoms with Crippen molar-refractivity contribution < 1.29 is 14.4 Å². The van der Waals surface area contributed by atoms with E-state index in [0.717, 1.165) is 22.1 Å². The Balaban J connectivity index is 1.16. The van der Waals surface area contributed by atoms with Gasteiger partial charge in [0, 0.05) is 23.4 Å². The fourth-order valence-electron chi connectivity index (χ4n) is 5.59. The number of fused-ring (bicyclic) bond motifs is 1. The molecule has 1 aliphatic carbocycles. The highest BCUT2D eigenvalue weighted by Gasteiger charge is 2.39. The third kappa shape index (κ3) is 6.40. The van der Waals surface area contributed by atoms with Crippen LogP contribution in [0.4, 0.5) is 0 Å². The Bertz CT molecular complexity index is 850. The van der Waals surface area contributed by atoms with Crippen LogP contribution in [0.3, 0.4) is 0 Å². The number of hydrogen-bond donors (Lipinski definition) is 1. The molecule has 1 aromatic rings. The monoisotopic (exact) mass is 470 g/mol. The van der Waals surface area contributed by atoms with Crippen LogP contribution in [-0.4, -0.2) is 34.4 Å². The van der Waals surface area contributed by atoms with Gasteiger partial charge in [-0.1, -0.05) is 76.7 Å². The van der Waals surface area contributed by atoms with Crippen LogP contribution in [0.5, 0.6) is 0 Å². The fourth-order valence-corrected chi connectivity index (χ4v) is 6.68. The van der Waals surface area contributed by atoms with Crippen LogP contribution >= 0.6 is 11.8 Å². The molecule has 33 heavy (non-hydrogen) atoms. The number of thioether (sulfide) groups is 1. The number of nitrogens with zero attached hydrogens (tertiary/aromatic N) is 1. The predicted octanol–water partition coefficient (Wildman–Crippen LogP) is 5.85. The summed E-state index contributed by atoms with van der Waals surface area (Å²) in [5, 5.41) is 2.37. The summed E-state index contributed by atoms with van der Waals surface area (Å²) in [6.45, 7) is 0.463. The number of rotatable bonds is 11. The van der Waals surface area contributed by atoms with Gasteiger partial charge in [-0.25, -0.2) is 0 Å². The second kappa shape index (κ2) is 12.0. The molecule has 2 aliphatic heterocycles. The quantitative estimate of drug-likeness (QED) is 0.250. The molecule has 1 saturated heterocycles. The first-order chi connectivity index (χ1) is 16.1. The van der Waals surface area contributed by atoms with E-state index in [0.29, 0.717) is 24.9 Å². The Morgan fingerprint density at radius 2 is 1.67 bits per heavy atom. The Morgan fingerprint density at radius 1 is 0.909 bits per heavy atom. The molecule has 5 nitrogen and oxygen atoms in total. The van der Waals surface area contributed by atoms with Crippen molar-refractivity contribution in [2.45, 2.75) is 107 Å². The average Bonchev–Trinajstić information content (AvgIpc) is 3.15. The maximum absolute atomic E-state index is 12.9. The zero-order chi connectivity index (χ0) is 23.0. The van der Waals surface area contributed by atoms with Gasteiger partial charge in [-0.3, -0.25) is 19.7 Å². The number of piperidine rings is 1. The van der Waals surface area contributed by atoms with Crippen LogP contribution in [0.1, 0.15) is 106 Å². The summed E-state index contributed by atoms with van der Waals surface area (Å²) in [6, 6.07) is 5.36. The van der Waals surface area contributed by atoms with Gasteiger partial charge in [-0.15, -0.1) is 11.8 Å². The molecule has 1 saturated carbocycles. The largest absolute Gasteiger partial charge is 0.322 e. The van der Waals surface area contributed by atoms with E-state index < -0.39 is 6.04 Å². The van der Waals surface area contributed by atoms with Gasteiger partial charge >= 0.3 is 0 Å². The van der Waals surface area contributed by atoms with Gasteiger partial charge < -0.3 is 4.90 Å². The van der Waals surface area contributed by atoms with E-state index >= 15 is 0 Å². The van der Waals surface area contributed by atoms with Gasteiger partial charge in [0.25, 0.3) is 5.91 Å². The predicted molar refractivity (Wildman–Crippen MR) is 132 cm³/mol. The maximum atomic E-state index is 12.9. The Labute approximate surface area is 202 Å². The fraction of sp³-hybridized carbons (Fsp3) is 0.667. The molecule has 0 spiro atoms. The highest BCUT2D eigenvalue weighted by atomic mass is 32.2. The van der Waals surface area contributed by atoms with E-state index in [-0.39, 0.29) is 17.7 Å². The number of carbonyl (C=O) groups excluding carboxylic acids is 3. The van der Waals surface area contributed by atoms with Gasteiger partial charge in [0.2, 0.25) is 11.8 Å². The summed E-state index contributed by atoms with van der Waals surface area (Å²) in [5.41, 5.74) is 1.75. The molecule has 1 unspecified atom stereocenters. The smallest absolute Gasteiger partial charge is 0.255 e. The number of hydrogen-bond acceptors (Lipinski definition) is 4. The molecule has 1 atom stereocenters. The summed E-state index contributed by atoms with van der Waals surface area (Å²) >= 11 is 1.83. The minimum absolute atomic E-state index is 0.0878. The van der Waals surface area contributed by atoms with E-state index in [1.165, 1.54) is 77.0 Å². The lowest BCUT2D eigenvalue weighted by Crippen LogP contribution is -2.52. The SMILES string of the molecule is O=C1CCC(N2Cc3c(SCCCCCCCCC4CCCCC4)cccc3C2=O)C(=O)N1. The van der Waals surface area contributed by atoms with Gasteiger partial charge in [0.05, 0.1) is 0 Å². The van der Waals surface area contributed by atoms with Crippen molar-refractivity contribution in [1.82, 2.24) is 10.2 Å². The lowest BCUT2D eigenvalue weighted by molar-refractivity contribution is -0.136. The molecular weight excluding hydrogens is 432 g/mol. The molecule has 0 aromatic heterocycles. The Hall–Kier alpha value is -1.82. The molecule has 3 aliphatic rings. The van der Waals surface area contributed by atoms with Crippen molar-refractivity contribution >= 4 is 29.5 Å². The molecule has 0 bridgehead atoms. The lowest BCUT2D eigenvalue weighted by Gasteiger charge is -2.29. The molecule has 2 fully saturated rings. The van der Waals surface area contributed by atoms with Crippen LogP contribution in [0.15, 0.2) is 23.1 Å². The number of nitrogens with one attached hydrogen (secondary N) is 1. The minimum atomic E-state index is -0.543. The molecule has 1 aromatic carbocycles. The summed E-state index contributed by atoms with van der Waals surface area (Å²) in [5.74, 6) is 1.39. The first-order valence-corrected chi connectivity index (χ1v) is 14.0. The maximum Gasteiger partial charge on any atom is 0.255 e. The van der Waals surface area contributed by atoms with Crippen molar-refractivity contribution in [3.8, 4) is 0 Å². The normalized spacial score (nSPS) is 21.4. The van der Waals surface area contributed by atoms with Crippen LogP contribution in [-0.2, 0) is 16.1 Å². The Kier molecular flexibility index (Phi) is 8.88. The summed E-state index contributed by atoms with van der Waals surface area (Å²) in [6.07, 6.45) is 17.4. The lowest BCUT2D eigenvalue weighted by atomic mass is 9.85.